The number of fused-ring (bicyclic) bond motifs is 1. The standard InChI is InChI=1S/C16H23FN2O/c1-12(20)13-5-6-16(15(17)10-13)19-9-8-18-7-3-2-4-14(18)11-19/h5-6,10,12,14,20H,2-4,7-9,11H2,1H3/t12-,14?/m1/s1. The van der Waals surface area contributed by atoms with Crippen LogP contribution < -0.4 is 4.90 Å². The molecule has 0 amide bonds. The summed E-state index contributed by atoms with van der Waals surface area (Å²) in [6.07, 6.45) is 3.20. The van der Waals surface area contributed by atoms with Gasteiger partial charge in [0.2, 0.25) is 0 Å². The van der Waals surface area contributed by atoms with Crippen molar-refractivity contribution in [3.8, 4) is 0 Å². The summed E-state index contributed by atoms with van der Waals surface area (Å²) in [4.78, 5) is 4.70. The van der Waals surface area contributed by atoms with E-state index in [0.29, 0.717) is 17.3 Å². The average molecular weight is 278 g/mol. The second kappa shape index (κ2) is 5.70. The number of hydrogen-bond donors (Lipinski definition) is 1. The number of piperazine rings is 1. The summed E-state index contributed by atoms with van der Waals surface area (Å²) in [6.45, 7) is 5.70. The summed E-state index contributed by atoms with van der Waals surface area (Å²) < 4.78 is 14.3. The van der Waals surface area contributed by atoms with E-state index in [1.165, 1.54) is 31.9 Å². The predicted octanol–water partition coefficient (Wildman–Crippen LogP) is 2.55. The number of hydrogen-bond acceptors (Lipinski definition) is 3. The molecule has 20 heavy (non-hydrogen) atoms. The fourth-order valence-electron chi connectivity index (χ4n) is 3.41. The van der Waals surface area contributed by atoms with Gasteiger partial charge in [-0.2, -0.15) is 0 Å². The Balaban J connectivity index is 1.76. The van der Waals surface area contributed by atoms with Crippen LogP contribution in [0.2, 0.25) is 0 Å². The second-order valence-electron chi connectivity index (χ2n) is 6.02. The second-order valence-corrected chi connectivity index (χ2v) is 6.02. The number of anilines is 1. The van der Waals surface area contributed by atoms with Gasteiger partial charge in [0.1, 0.15) is 5.82 Å². The largest absolute Gasteiger partial charge is 0.389 e. The highest BCUT2D eigenvalue weighted by molar-refractivity contribution is 5.50. The SMILES string of the molecule is C[C@@H](O)c1ccc(N2CCN3CCCCC3C2)c(F)c1. The molecule has 4 heteroatoms. The van der Waals surface area contributed by atoms with Crippen LogP contribution in [0.3, 0.4) is 0 Å². The van der Waals surface area contributed by atoms with Gasteiger partial charge in [-0.15, -0.1) is 0 Å². The highest BCUT2D eigenvalue weighted by Crippen LogP contribution is 2.28. The molecule has 0 aliphatic carbocycles. The Morgan fingerprint density at radius 3 is 2.85 bits per heavy atom. The number of rotatable bonds is 2. The Kier molecular flexibility index (Phi) is 3.94. The van der Waals surface area contributed by atoms with Crippen LogP contribution in [0.15, 0.2) is 18.2 Å². The molecule has 2 atom stereocenters. The van der Waals surface area contributed by atoms with Crippen molar-refractivity contribution in [1.29, 1.82) is 0 Å². The third kappa shape index (κ3) is 2.67. The van der Waals surface area contributed by atoms with Crippen molar-refractivity contribution in [2.75, 3.05) is 31.1 Å². The first-order valence-electron chi connectivity index (χ1n) is 7.61. The number of benzene rings is 1. The van der Waals surface area contributed by atoms with Gasteiger partial charge in [-0.25, -0.2) is 4.39 Å². The lowest BCUT2D eigenvalue weighted by molar-refractivity contribution is 0.133. The highest BCUT2D eigenvalue weighted by atomic mass is 19.1. The van der Waals surface area contributed by atoms with E-state index in [2.05, 4.69) is 9.80 Å². The monoisotopic (exact) mass is 278 g/mol. The Labute approximate surface area is 120 Å². The molecule has 0 spiro atoms. The van der Waals surface area contributed by atoms with Crippen LogP contribution in [0.1, 0.15) is 37.9 Å². The number of nitrogens with zero attached hydrogens (tertiary/aromatic N) is 2. The number of piperidine rings is 1. The Morgan fingerprint density at radius 2 is 2.10 bits per heavy atom. The first-order valence-corrected chi connectivity index (χ1v) is 7.61. The fraction of sp³-hybridized carbons (Fsp3) is 0.625. The zero-order chi connectivity index (χ0) is 14.1. The zero-order valence-corrected chi connectivity index (χ0v) is 12.1. The summed E-state index contributed by atoms with van der Waals surface area (Å²) in [5.41, 5.74) is 1.32. The van der Waals surface area contributed by atoms with Crippen molar-refractivity contribution >= 4 is 5.69 Å². The van der Waals surface area contributed by atoms with Crippen LogP contribution >= 0.6 is 0 Å². The first-order chi connectivity index (χ1) is 9.65. The summed E-state index contributed by atoms with van der Waals surface area (Å²) in [7, 11) is 0. The van der Waals surface area contributed by atoms with Crippen molar-refractivity contribution in [3.05, 3.63) is 29.6 Å². The Hall–Kier alpha value is -1.13. The zero-order valence-electron chi connectivity index (χ0n) is 12.1. The van der Waals surface area contributed by atoms with Crippen molar-refractivity contribution < 1.29 is 9.50 Å². The molecule has 0 radical (unpaired) electrons. The predicted molar refractivity (Wildman–Crippen MR) is 78.5 cm³/mol. The van der Waals surface area contributed by atoms with Gasteiger partial charge in [-0.1, -0.05) is 12.5 Å². The molecule has 2 saturated heterocycles. The molecule has 2 heterocycles. The van der Waals surface area contributed by atoms with Gasteiger partial charge in [-0.3, -0.25) is 4.90 Å². The molecule has 110 valence electrons. The topological polar surface area (TPSA) is 26.7 Å². The lowest BCUT2D eigenvalue weighted by atomic mass is 9.99. The Bertz CT molecular complexity index is 478. The molecule has 3 nitrogen and oxygen atoms in total. The summed E-state index contributed by atoms with van der Waals surface area (Å²) in [5, 5.41) is 9.52. The van der Waals surface area contributed by atoms with E-state index in [1.807, 2.05) is 12.1 Å². The molecule has 1 aromatic rings. The number of halogens is 1. The Morgan fingerprint density at radius 1 is 1.25 bits per heavy atom. The van der Waals surface area contributed by atoms with Crippen molar-refractivity contribution in [3.63, 3.8) is 0 Å². The molecular formula is C16H23FN2O. The maximum absolute atomic E-state index is 14.3. The molecule has 2 aliphatic heterocycles. The summed E-state index contributed by atoms with van der Waals surface area (Å²) >= 11 is 0. The molecule has 0 aromatic heterocycles. The van der Waals surface area contributed by atoms with Crippen LogP contribution in [0.4, 0.5) is 10.1 Å². The molecule has 1 unspecified atom stereocenters. The van der Waals surface area contributed by atoms with E-state index in [9.17, 15) is 9.50 Å². The van der Waals surface area contributed by atoms with Crippen LogP contribution in [0.25, 0.3) is 0 Å². The van der Waals surface area contributed by atoms with Crippen molar-refractivity contribution in [1.82, 2.24) is 4.90 Å². The van der Waals surface area contributed by atoms with Crippen LogP contribution in [-0.2, 0) is 0 Å². The van der Waals surface area contributed by atoms with Gasteiger partial charge in [0.05, 0.1) is 11.8 Å². The van der Waals surface area contributed by atoms with Gasteiger partial charge < -0.3 is 10.0 Å². The first kappa shape index (κ1) is 13.8. The van der Waals surface area contributed by atoms with Gasteiger partial charge in [-0.05, 0) is 44.0 Å². The third-order valence-electron chi connectivity index (χ3n) is 4.63. The molecule has 3 rings (SSSR count). The highest BCUT2D eigenvalue weighted by Gasteiger charge is 2.29. The minimum atomic E-state index is -0.617. The normalized spacial score (nSPS) is 25.4. The summed E-state index contributed by atoms with van der Waals surface area (Å²) in [5.74, 6) is -0.215. The minimum absolute atomic E-state index is 0.215. The quantitative estimate of drug-likeness (QED) is 0.900. The van der Waals surface area contributed by atoms with Crippen LogP contribution in [0.5, 0.6) is 0 Å². The molecule has 1 aromatic carbocycles. The van der Waals surface area contributed by atoms with Gasteiger partial charge in [0.15, 0.2) is 0 Å². The molecular weight excluding hydrogens is 255 g/mol. The number of aliphatic hydroxyl groups excluding tert-OH is 1. The van der Waals surface area contributed by atoms with E-state index in [4.69, 9.17) is 0 Å². The lowest BCUT2D eigenvalue weighted by Gasteiger charge is -2.45. The third-order valence-corrected chi connectivity index (χ3v) is 4.63. The lowest BCUT2D eigenvalue weighted by Crippen LogP contribution is -2.55. The molecule has 0 saturated carbocycles. The van der Waals surface area contributed by atoms with E-state index in [1.54, 1.807) is 6.92 Å². The van der Waals surface area contributed by atoms with Crippen LogP contribution in [-0.4, -0.2) is 42.2 Å². The average Bonchev–Trinajstić information content (AvgIpc) is 2.46. The molecule has 1 N–H and O–H groups in total. The maximum Gasteiger partial charge on any atom is 0.146 e. The van der Waals surface area contributed by atoms with E-state index < -0.39 is 6.10 Å². The van der Waals surface area contributed by atoms with Crippen molar-refractivity contribution in [2.24, 2.45) is 0 Å². The van der Waals surface area contributed by atoms with E-state index in [-0.39, 0.29) is 5.82 Å². The van der Waals surface area contributed by atoms with Gasteiger partial charge in [0, 0.05) is 25.7 Å². The van der Waals surface area contributed by atoms with Crippen molar-refractivity contribution in [2.45, 2.75) is 38.3 Å². The van der Waals surface area contributed by atoms with E-state index in [0.717, 1.165) is 19.6 Å². The molecule has 2 fully saturated rings. The molecule has 0 bridgehead atoms. The smallest absolute Gasteiger partial charge is 0.146 e. The van der Waals surface area contributed by atoms with Crippen LogP contribution in [0, 0.1) is 5.82 Å². The minimum Gasteiger partial charge on any atom is -0.389 e. The van der Waals surface area contributed by atoms with E-state index >= 15 is 0 Å². The molecule has 2 aliphatic rings. The number of aliphatic hydroxyl groups is 1. The maximum atomic E-state index is 14.3. The van der Waals surface area contributed by atoms with Gasteiger partial charge >= 0.3 is 0 Å². The summed E-state index contributed by atoms with van der Waals surface area (Å²) in [6, 6.07) is 5.69. The fourth-order valence-corrected chi connectivity index (χ4v) is 3.41. The van der Waals surface area contributed by atoms with Gasteiger partial charge in [0.25, 0.3) is 0 Å².